The summed E-state index contributed by atoms with van der Waals surface area (Å²) in [5, 5.41) is 32.5. The molecule has 4 saturated carbocycles. The molecule has 5 nitrogen and oxygen atoms in total. The summed E-state index contributed by atoms with van der Waals surface area (Å²) in [4.78, 5) is 26.3. The van der Waals surface area contributed by atoms with Gasteiger partial charge in [0.25, 0.3) is 0 Å². The topological polar surface area (TPSA) is 94.8 Å². The SMILES string of the molecule is C[C@H]1[C@H](C)CC[C@]2(C(=O)O)CC[C@]3(C(=O)O)C(=CC[C@@H]4[C@@]5(C)CC[C@H](O)C(C)(C)[C@@H]5CC[C@]43C)[C@H]12. The number of carboxylic acid groups (broad SMARTS) is 2. The van der Waals surface area contributed by atoms with Crippen LogP contribution in [0.15, 0.2) is 11.6 Å². The second kappa shape index (κ2) is 7.58. The average Bonchev–Trinajstić information content (AvgIpc) is 2.78. The molecule has 4 fully saturated rings. The van der Waals surface area contributed by atoms with E-state index in [1.54, 1.807) is 0 Å². The minimum Gasteiger partial charge on any atom is -0.481 e. The third-order valence-electron chi connectivity index (χ3n) is 13.2. The van der Waals surface area contributed by atoms with Crippen molar-refractivity contribution in [3.05, 3.63) is 11.6 Å². The van der Waals surface area contributed by atoms with Crippen molar-refractivity contribution in [2.24, 2.45) is 56.7 Å². The van der Waals surface area contributed by atoms with Crippen LogP contribution in [0.25, 0.3) is 0 Å². The minimum atomic E-state index is -1.00. The van der Waals surface area contributed by atoms with Crippen molar-refractivity contribution in [2.45, 2.75) is 105 Å². The van der Waals surface area contributed by atoms with Crippen LogP contribution in [0.1, 0.15) is 99.3 Å². The monoisotopic (exact) mass is 486 g/mol. The fourth-order valence-corrected chi connectivity index (χ4v) is 11.0. The van der Waals surface area contributed by atoms with Crippen LogP contribution in [-0.2, 0) is 9.59 Å². The Hall–Kier alpha value is -1.36. The summed E-state index contributed by atoms with van der Waals surface area (Å²) in [7, 11) is 0. The van der Waals surface area contributed by atoms with Crippen molar-refractivity contribution in [3.8, 4) is 0 Å². The molecular formula is C30H46O5. The highest BCUT2D eigenvalue weighted by Gasteiger charge is 2.73. The quantitative estimate of drug-likeness (QED) is 0.407. The summed E-state index contributed by atoms with van der Waals surface area (Å²) in [6.45, 7) is 13.4. The van der Waals surface area contributed by atoms with Crippen molar-refractivity contribution >= 4 is 11.9 Å². The Bertz CT molecular complexity index is 968. The van der Waals surface area contributed by atoms with E-state index in [-0.39, 0.29) is 34.7 Å². The molecule has 0 amide bonds. The zero-order valence-corrected chi connectivity index (χ0v) is 22.6. The molecule has 10 atom stereocenters. The van der Waals surface area contributed by atoms with Gasteiger partial charge in [0.15, 0.2) is 0 Å². The Kier molecular flexibility index (Phi) is 5.48. The van der Waals surface area contributed by atoms with Crippen LogP contribution < -0.4 is 0 Å². The normalized spacial score (nSPS) is 52.7. The van der Waals surface area contributed by atoms with E-state index in [9.17, 15) is 24.9 Å². The molecule has 0 aliphatic heterocycles. The second-order valence-electron chi connectivity index (χ2n) is 14.4. The van der Waals surface area contributed by atoms with Gasteiger partial charge in [0.05, 0.1) is 16.9 Å². The number of carboxylic acids is 2. The summed E-state index contributed by atoms with van der Waals surface area (Å²) >= 11 is 0. The fourth-order valence-electron chi connectivity index (χ4n) is 11.0. The first-order valence-corrected chi connectivity index (χ1v) is 14.1. The van der Waals surface area contributed by atoms with Gasteiger partial charge in [0, 0.05) is 0 Å². The van der Waals surface area contributed by atoms with E-state index in [2.05, 4.69) is 47.6 Å². The third kappa shape index (κ3) is 2.85. The molecule has 3 N–H and O–H groups in total. The van der Waals surface area contributed by atoms with Gasteiger partial charge in [-0.25, -0.2) is 0 Å². The zero-order valence-electron chi connectivity index (χ0n) is 22.6. The summed E-state index contributed by atoms with van der Waals surface area (Å²) in [5.41, 5.74) is -1.53. The largest absolute Gasteiger partial charge is 0.481 e. The molecule has 0 spiro atoms. The molecule has 5 aliphatic carbocycles. The number of hydrogen-bond donors (Lipinski definition) is 3. The van der Waals surface area contributed by atoms with E-state index in [4.69, 9.17) is 0 Å². The van der Waals surface area contributed by atoms with Crippen LogP contribution >= 0.6 is 0 Å². The molecule has 0 bridgehead atoms. The Morgan fingerprint density at radius 2 is 1.54 bits per heavy atom. The molecule has 0 heterocycles. The number of fused-ring (bicyclic) bond motifs is 7. The van der Waals surface area contributed by atoms with Crippen molar-refractivity contribution in [1.82, 2.24) is 0 Å². The first-order chi connectivity index (χ1) is 16.2. The summed E-state index contributed by atoms with van der Waals surface area (Å²) in [6, 6.07) is 0. The van der Waals surface area contributed by atoms with Gasteiger partial charge in [-0.05, 0) is 104 Å². The standard InChI is InChI=1S/C30H46O5/c1-17-9-14-29(24(32)33)15-16-30(25(34)35)19(23(29)18(17)2)7-8-21-27(5)12-11-22(31)26(3,4)20(27)10-13-28(21,30)6/h7,17-18,20-23,31H,8-16H2,1-6H3,(H,32,33)(H,34,35)/t17-,18+,20+,21-,22+,23+,27+,28-,29+,30-/m1/s1. The average molecular weight is 487 g/mol. The zero-order chi connectivity index (χ0) is 25.8. The lowest BCUT2D eigenvalue weighted by molar-refractivity contribution is -0.216. The maximum absolute atomic E-state index is 13.5. The number of hydrogen-bond acceptors (Lipinski definition) is 3. The highest BCUT2D eigenvalue weighted by molar-refractivity contribution is 5.84. The number of carbonyl (C=O) groups is 2. The van der Waals surface area contributed by atoms with Crippen LogP contribution in [0.2, 0.25) is 0 Å². The van der Waals surface area contributed by atoms with E-state index >= 15 is 0 Å². The lowest BCUT2D eigenvalue weighted by Gasteiger charge is -2.70. The van der Waals surface area contributed by atoms with Crippen LogP contribution in [0, 0.1) is 56.7 Å². The molecule has 196 valence electrons. The van der Waals surface area contributed by atoms with E-state index < -0.39 is 28.2 Å². The van der Waals surface area contributed by atoms with Gasteiger partial charge in [0.1, 0.15) is 0 Å². The third-order valence-corrected chi connectivity index (χ3v) is 13.2. The highest BCUT2D eigenvalue weighted by atomic mass is 16.4. The minimum absolute atomic E-state index is 0.0347. The molecule has 0 radical (unpaired) electrons. The predicted octanol–water partition coefficient (Wildman–Crippen LogP) is 6.15. The summed E-state index contributed by atoms with van der Waals surface area (Å²) in [5.74, 6) is -0.563. The van der Waals surface area contributed by atoms with Crippen LogP contribution in [0.5, 0.6) is 0 Å². The van der Waals surface area contributed by atoms with Gasteiger partial charge in [-0.15, -0.1) is 0 Å². The second-order valence-corrected chi connectivity index (χ2v) is 14.4. The Morgan fingerprint density at radius 3 is 2.17 bits per heavy atom. The van der Waals surface area contributed by atoms with Crippen molar-refractivity contribution in [1.29, 1.82) is 0 Å². The van der Waals surface area contributed by atoms with Gasteiger partial charge < -0.3 is 15.3 Å². The van der Waals surface area contributed by atoms with Crippen LogP contribution in [-0.4, -0.2) is 33.4 Å². The van der Waals surface area contributed by atoms with Crippen molar-refractivity contribution < 1.29 is 24.9 Å². The van der Waals surface area contributed by atoms with E-state index in [1.165, 1.54) is 0 Å². The Morgan fingerprint density at radius 1 is 0.857 bits per heavy atom. The first-order valence-electron chi connectivity index (χ1n) is 14.1. The molecule has 0 unspecified atom stereocenters. The van der Waals surface area contributed by atoms with E-state index in [0.717, 1.165) is 44.1 Å². The molecule has 5 aliphatic rings. The molecular weight excluding hydrogens is 440 g/mol. The Balaban J connectivity index is 1.68. The van der Waals surface area contributed by atoms with Gasteiger partial charge in [-0.1, -0.05) is 53.2 Å². The molecule has 0 aromatic rings. The molecule has 5 rings (SSSR count). The number of aliphatic carboxylic acids is 2. The number of aliphatic hydroxyl groups is 1. The molecule has 5 heteroatoms. The summed E-state index contributed by atoms with van der Waals surface area (Å²) in [6.07, 6.45) is 8.62. The number of rotatable bonds is 2. The van der Waals surface area contributed by atoms with E-state index in [1.807, 2.05) is 0 Å². The van der Waals surface area contributed by atoms with Gasteiger partial charge in [-0.2, -0.15) is 0 Å². The molecule has 0 aromatic heterocycles. The highest BCUT2D eigenvalue weighted by Crippen LogP contribution is 2.75. The van der Waals surface area contributed by atoms with Gasteiger partial charge in [0.2, 0.25) is 0 Å². The number of allylic oxidation sites excluding steroid dienone is 1. The first kappa shape index (κ1) is 25.3. The van der Waals surface area contributed by atoms with Crippen LogP contribution in [0.3, 0.4) is 0 Å². The van der Waals surface area contributed by atoms with E-state index in [0.29, 0.717) is 31.1 Å². The molecule has 0 saturated heterocycles. The van der Waals surface area contributed by atoms with Crippen molar-refractivity contribution in [3.63, 3.8) is 0 Å². The van der Waals surface area contributed by atoms with Crippen molar-refractivity contribution in [2.75, 3.05) is 0 Å². The molecule has 0 aromatic carbocycles. The lowest BCUT2D eigenvalue weighted by atomic mass is 9.33. The smallest absolute Gasteiger partial charge is 0.314 e. The summed E-state index contributed by atoms with van der Waals surface area (Å²) < 4.78 is 0. The lowest BCUT2D eigenvalue weighted by Crippen LogP contribution is -2.67. The fraction of sp³-hybridized carbons (Fsp3) is 0.867. The maximum atomic E-state index is 13.5. The van der Waals surface area contributed by atoms with Gasteiger partial charge >= 0.3 is 11.9 Å². The maximum Gasteiger partial charge on any atom is 0.314 e. The van der Waals surface area contributed by atoms with Gasteiger partial charge in [-0.3, -0.25) is 9.59 Å². The Labute approximate surface area is 210 Å². The van der Waals surface area contributed by atoms with Crippen LogP contribution in [0.4, 0.5) is 0 Å². The predicted molar refractivity (Wildman–Crippen MR) is 135 cm³/mol. The number of aliphatic hydroxyl groups excluding tert-OH is 1. The molecule has 35 heavy (non-hydrogen) atoms.